The zero-order chi connectivity index (χ0) is 20.4. The molecule has 1 atom stereocenters. The number of nitrogens with two attached hydrogens (primary N) is 1. The molecule has 2 heterocycles. The molecule has 148 valence electrons. The molecule has 1 amide bonds. The Morgan fingerprint density at radius 3 is 2.93 bits per heavy atom. The van der Waals surface area contributed by atoms with Crippen molar-refractivity contribution in [1.29, 1.82) is 0 Å². The van der Waals surface area contributed by atoms with Gasteiger partial charge in [0.1, 0.15) is 5.82 Å². The first-order valence-corrected chi connectivity index (χ1v) is 10.1. The summed E-state index contributed by atoms with van der Waals surface area (Å²) in [6.45, 7) is 1.86. The van der Waals surface area contributed by atoms with Crippen molar-refractivity contribution in [2.45, 2.75) is 18.9 Å². The number of aromatic nitrogens is 2. The zero-order valence-electron chi connectivity index (χ0n) is 15.8. The molecular formula is C21H20FN5OS. The number of nitrogens with one attached hydrogen (secondary N) is 1. The van der Waals surface area contributed by atoms with Crippen molar-refractivity contribution in [2.24, 2.45) is 10.7 Å². The molecule has 1 unspecified atom stereocenters. The maximum atomic E-state index is 14.6. The molecule has 0 aliphatic carbocycles. The van der Waals surface area contributed by atoms with Gasteiger partial charge in [-0.25, -0.2) is 9.37 Å². The third kappa shape index (κ3) is 4.02. The lowest BCUT2D eigenvalue weighted by atomic mass is 9.89. The first kappa shape index (κ1) is 19.2. The minimum absolute atomic E-state index is 0.281. The second-order valence-corrected chi connectivity index (χ2v) is 8.11. The highest BCUT2D eigenvalue weighted by atomic mass is 32.2. The van der Waals surface area contributed by atoms with E-state index < -0.39 is 5.54 Å². The van der Waals surface area contributed by atoms with Gasteiger partial charge < -0.3 is 15.6 Å². The summed E-state index contributed by atoms with van der Waals surface area (Å²) < 4.78 is 16.4. The quantitative estimate of drug-likeness (QED) is 0.684. The maximum absolute atomic E-state index is 14.6. The molecule has 6 nitrogen and oxygen atoms in total. The summed E-state index contributed by atoms with van der Waals surface area (Å²) in [4.78, 5) is 21.2. The van der Waals surface area contributed by atoms with Crippen molar-refractivity contribution in [1.82, 2.24) is 9.55 Å². The monoisotopic (exact) mass is 409 g/mol. The average molecular weight is 409 g/mol. The van der Waals surface area contributed by atoms with Gasteiger partial charge in [-0.15, -0.1) is 0 Å². The van der Waals surface area contributed by atoms with Crippen LogP contribution >= 0.6 is 11.8 Å². The number of thioether (sulfide) groups is 1. The Hall–Kier alpha value is -3.13. The molecular weight excluding hydrogens is 389 g/mol. The number of nitrogens with zero attached hydrogens (tertiary/aromatic N) is 3. The minimum atomic E-state index is -0.749. The molecule has 8 heteroatoms. The lowest BCUT2D eigenvalue weighted by molar-refractivity contribution is 0.102. The van der Waals surface area contributed by atoms with Crippen molar-refractivity contribution in [3.63, 3.8) is 0 Å². The first-order chi connectivity index (χ1) is 13.9. The highest BCUT2D eigenvalue weighted by molar-refractivity contribution is 8.13. The van der Waals surface area contributed by atoms with E-state index in [1.807, 2.05) is 17.6 Å². The SMILES string of the molecule is CC1(c2cc(NC(=O)c3cccc(-n4ccnc4)c3)ccc2F)CCSC(N)=N1. The average Bonchev–Trinajstić information content (AvgIpc) is 3.24. The van der Waals surface area contributed by atoms with Gasteiger partial charge >= 0.3 is 0 Å². The summed E-state index contributed by atoms with van der Waals surface area (Å²) in [6, 6.07) is 11.7. The fourth-order valence-electron chi connectivity index (χ4n) is 3.32. The van der Waals surface area contributed by atoms with Crippen LogP contribution in [0.1, 0.15) is 29.3 Å². The number of aliphatic imine (C=N–C) groups is 1. The fourth-order valence-corrected chi connectivity index (χ4v) is 4.29. The van der Waals surface area contributed by atoms with Gasteiger partial charge in [0.25, 0.3) is 5.91 Å². The number of imidazole rings is 1. The maximum Gasteiger partial charge on any atom is 0.255 e. The molecule has 1 aromatic heterocycles. The van der Waals surface area contributed by atoms with Crippen molar-refractivity contribution >= 4 is 28.5 Å². The van der Waals surface area contributed by atoms with Crippen LogP contribution in [0.2, 0.25) is 0 Å². The molecule has 4 rings (SSSR count). The number of anilines is 1. The summed E-state index contributed by atoms with van der Waals surface area (Å²) >= 11 is 1.46. The predicted molar refractivity (Wildman–Crippen MR) is 114 cm³/mol. The molecule has 0 bridgehead atoms. The zero-order valence-corrected chi connectivity index (χ0v) is 16.6. The number of amides is 1. The molecule has 1 aliphatic rings. The van der Waals surface area contributed by atoms with Crippen LogP contribution in [0.4, 0.5) is 10.1 Å². The minimum Gasteiger partial charge on any atom is -0.379 e. The molecule has 0 spiro atoms. The number of benzene rings is 2. The second-order valence-electron chi connectivity index (χ2n) is 6.99. The standard InChI is InChI=1S/C21H20FN5OS/c1-21(7-10-29-20(23)26-21)17-12-15(5-6-18(17)22)25-19(28)14-3-2-4-16(11-14)27-9-8-24-13-27/h2-6,8-9,11-13H,7,10H2,1H3,(H2,23,26)(H,25,28). The highest BCUT2D eigenvalue weighted by Gasteiger charge is 2.32. The third-order valence-corrected chi connectivity index (χ3v) is 5.71. The molecule has 3 aromatic rings. The Morgan fingerprint density at radius 1 is 1.31 bits per heavy atom. The molecule has 3 N–H and O–H groups in total. The summed E-state index contributed by atoms with van der Waals surface area (Å²) in [5.41, 5.74) is 7.36. The molecule has 29 heavy (non-hydrogen) atoms. The normalized spacial score (nSPS) is 18.9. The van der Waals surface area contributed by atoms with Gasteiger partial charge in [0.05, 0.1) is 11.9 Å². The number of carbonyl (C=O) groups excluding carboxylic acids is 1. The number of hydrogen-bond donors (Lipinski definition) is 2. The number of carbonyl (C=O) groups is 1. The lowest BCUT2D eigenvalue weighted by Gasteiger charge is -2.30. The van der Waals surface area contributed by atoms with Crippen molar-refractivity contribution in [2.75, 3.05) is 11.1 Å². The van der Waals surface area contributed by atoms with Crippen molar-refractivity contribution in [3.05, 3.63) is 78.1 Å². The van der Waals surface area contributed by atoms with E-state index in [2.05, 4.69) is 15.3 Å². The molecule has 0 saturated heterocycles. The number of amidine groups is 1. The second kappa shape index (κ2) is 7.71. The van der Waals surface area contributed by atoms with E-state index in [9.17, 15) is 9.18 Å². The van der Waals surface area contributed by atoms with Gasteiger partial charge in [-0.3, -0.25) is 9.79 Å². The van der Waals surface area contributed by atoms with E-state index in [1.54, 1.807) is 49.1 Å². The van der Waals surface area contributed by atoms with Gasteiger partial charge in [0.15, 0.2) is 5.17 Å². The lowest BCUT2D eigenvalue weighted by Crippen LogP contribution is -2.29. The van der Waals surface area contributed by atoms with E-state index in [1.165, 1.54) is 17.8 Å². The first-order valence-electron chi connectivity index (χ1n) is 9.12. The Morgan fingerprint density at radius 2 is 2.17 bits per heavy atom. The molecule has 2 aromatic carbocycles. The van der Waals surface area contributed by atoms with Crippen LogP contribution in [0.25, 0.3) is 5.69 Å². The topological polar surface area (TPSA) is 85.3 Å². The number of hydrogen-bond acceptors (Lipinski definition) is 5. The van der Waals surface area contributed by atoms with Crippen LogP contribution in [0.15, 0.2) is 66.2 Å². The number of halogens is 1. The summed E-state index contributed by atoms with van der Waals surface area (Å²) in [5, 5.41) is 3.30. The van der Waals surface area contributed by atoms with Crippen molar-refractivity contribution in [3.8, 4) is 5.69 Å². The van der Waals surface area contributed by atoms with Gasteiger partial charge in [-0.2, -0.15) is 0 Å². The van der Waals surface area contributed by atoms with E-state index in [-0.39, 0.29) is 11.7 Å². The van der Waals surface area contributed by atoms with Crippen LogP contribution in [0.5, 0.6) is 0 Å². The molecule has 1 aliphatic heterocycles. The van der Waals surface area contributed by atoms with E-state index in [0.717, 1.165) is 11.4 Å². The molecule has 0 fully saturated rings. The summed E-state index contributed by atoms with van der Waals surface area (Å²) in [7, 11) is 0. The summed E-state index contributed by atoms with van der Waals surface area (Å²) in [6.07, 6.45) is 5.81. The van der Waals surface area contributed by atoms with Crippen LogP contribution < -0.4 is 11.1 Å². The van der Waals surface area contributed by atoms with E-state index >= 15 is 0 Å². The van der Waals surface area contributed by atoms with Crippen LogP contribution in [-0.2, 0) is 5.54 Å². The van der Waals surface area contributed by atoms with Crippen LogP contribution in [0, 0.1) is 5.82 Å². The Balaban J connectivity index is 1.60. The highest BCUT2D eigenvalue weighted by Crippen LogP contribution is 2.37. The van der Waals surface area contributed by atoms with Crippen molar-refractivity contribution < 1.29 is 9.18 Å². The Bertz CT molecular complexity index is 1080. The van der Waals surface area contributed by atoms with E-state index in [0.29, 0.717) is 28.4 Å². The predicted octanol–water partition coefficient (Wildman–Crippen LogP) is 3.93. The molecule has 0 radical (unpaired) electrons. The Labute approximate surface area is 172 Å². The fraction of sp³-hybridized carbons (Fsp3) is 0.190. The summed E-state index contributed by atoms with van der Waals surface area (Å²) in [5.74, 6) is 0.121. The van der Waals surface area contributed by atoms with Crippen LogP contribution in [0.3, 0.4) is 0 Å². The Kier molecular flexibility index (Phi) is 5.10. The van der Waals surface area contributed by atoms with E-state index in [4.69, 9.17) is 5.73 Å². The van der Waals surface area contributed by atoms with Gasteiger partial charge in [0.2, 0.25) is 0 Å². The van der Waals surface area contributed by atoms with Gasteiger partial charge in [0, 0.05) is 40.6 Å². The number of rotatable bonds is 4. The third-order valence-electron chi connectivity index (χ3n) is 4.91. The van der Waals surface area contributed by atoms with Gasteiger partial charge in [-0.1, -0.05) is 17.8 Å². The van der Waals surface area contributed by atoms with Gasteiger partial charge in [-0.05, 0) is 49.7 Å². The largest absolute Gasteiger partial charge is 0.379 e. The van der Waals surface area contributed by atoms with Crippen LogP contribution in [-0.4, -0.2) is 26.4 Å². The smallest absolute Gasteiger partial charge is 0.255 e. The molecule has 0 saturated carbocycles.